The van der Waals surface area contributed by atoms with Gasteiger partial charge in [-0.2, -0.15) is 13.2 Å². The third-order valence-corrected chi connectivity index (χ3v) is 5.42. The molecule has 0 atom stereocenters. The lowest BCUT2D eigenvalue weighted by Crippen LogP contribution is -2.45. The minimum absolute atomic E-state index is 0.0662. The van der Waals surface area contributed by atoms with Gasteiger partial charge in [-0.15, -0.1) is 0 Å². The number of pyridine rings is 1. The SMILES string of the molecule is CCN1CCN(Cc2ccc(NC(=O)Nc3ccc(Br)cn3)cc2C(F)(F)F)CC1. The average Bonchev–Trinajstić information content (AvgIpc) is 2.70. The van der Waals surface area contributed by atoms with Crippen LogP contribution < -0.4 is 10.6 Å². The van der Waals surface area contributed by atoms with Gasteiger partial charge in [0, 0.05) is 49.1 Å². The molecule has 6 nitrogen and oxygen atoms in total. The van der Waals surface area contributed by atoms with Crippen LogP contribution in [0.2, 0.25) is 0 Å². The Labute approximate surface area is 181 Å². The number of nitrogens with zero attached hydrogens (tertiary/aromatic N) is 3. The summed E-state index contributed by atoms with van der Waals surface area (Å²) < 4.78 is 41.7. The molecule has 0 radical (unpaired) electrons. The van der Waals surface area contributed by atoms with Gasteiger partial charge < -0.3 is 10.2 Å². The van der Waals surface area contributed by atoms with Gasteiger partial charge in [0.2, 0.25) is 0 Å². The summed E-state index contributed by atoms with van der Waals surface area (Å²) in [5.74, 6) is 0.287. The van der Waals surface area contributed by atoms with Crippen LogP contribution in [-0.2, 0) is 12.7 Å². The van der Waals surface area contributed by atoms with Crippen LogP contribution in [-0.4, -0.2) is 53.5 Å². The van der Waals surface area contributed by atoms with Crippen molar-refractivity contribution in [3.8, 4) is 0 Å². The van der Waals surface area contributed by atoms with Gasteiger partial charge in [0.05, 0.1) is 5.56 Å². The highest BCUT2D eigenvalue weighted by Crippen LogP contribution is 2.34. The Balaban J connectivity index is 1.69. The van der Waals surface area contributed by atoms with Crippen molar-refractivity contribution >= 4 is 33.5 Å². The van der Waals surface area contributed by atoms with Crippen LogP contribution in [0.15, 0.2) is 41.0 Å². The van der Waals surface area contributed by atoms with E-state index in [1.165, 1.54) is 18.3 Å². The van der Waals surface area contributed by atoms with Crippen molar-refractivity contribution in [1.29, 1.82) is 0 Å². The third kappa shape index (κ3) is 6.16. The number of anilines is 2. The van der Waals surface area contributed by atoms with Crippen molar-refractivity contribution in [2.45, 2.75) is 19.6 Å². The molecule has 10 heteroatoms. The molecule has 0 aliphatic carbocycles. The summed E-state index contributed by atoms with van der Waals surface area (Å²) in [6.07, 6.45) is -3.01. The quantitative estimate of drug-likeness (QED) is 0.647. The van der Waals surface area contributed by atoms with Crippen molar-refractivity contribution in [2.75, 3.05) is 43.4 Å². The predicted octanol–water partition coefficient (Wildman–Crippen LogP) is 4.64. The first-order valence-corrected chi connectivity index (χ1v) is 10.4. The second-order valence-electron chi connectivity index (χ2n) is 7.02. The normalized spacial score (nSPS) is 15.8. The summed E-state index contributed by atoms with van der Waals surface area (Å²) >= 11 is 3.24. The Bertz CT molecular complexity index is 868. The molecule has 3 rings (SSSR count). The Kier molecular flexibility index (Phi) is 7.32. The molecule has 2 amide bonds. The van der Waals surface area contributed by atoms with Gasteiger partial charge in [-0.3, -0.25) is 10.2 Å². The van der Waals surface area contributed by atoms with E-state index in [4.69, 9.17) is 0 Å². The predicted molar refractivity (Wildman–Crippen MR) is 113 cm³/mol. The third-order valence-electron chi connectivity index (χ3n) is 4.95. The van der Waals surface area contributed by atoms with E-state index in [0.717, 1.165) is 43.3 Å². The number of likely N-dealkylation sites (N-methyl/N-ethyl adjacent to an activating group) is 1. The number of amides is 2. The largest absolute Gasteiger partial charge is 0.416 e. The molecule has 0 bridgehead atoms. The molecule has 2 aromatic rings. The lowest BCUT2D eigenvalue weighted by atomic mass is 10.0. The molecule has 1 aliphatic rings. The van der Waals surface area contributed by atoms with Gasteiger partial charge >= 0.3 is 12.2 Å². The van der Waals surface area contributed by atoms with Gasteiger partial charge in [-0.1, -0.05) is 13.0 Å². The lowest BCUT2D eigenvalue weighted by Gasteiger charge is -2.34. The molecule has 30 heavy (non-hydrogen) atoms. The molecule has 1 aromatic carbocycles. The standard InChI is InChI=1S/C20H23BrF3N5O/c1-2-28-7-9-29(10-8-28)13-14-3-5-16(11-17(14)20(22,23)24)26-19(30)27-18-6-4-15(21)12-25-18/h3-6,11-12H,2,7-10,13H2,1H3,(H2,25,26,27,30). The van der Waals surface area contributed by atoms with E-state index in [1.807, 2.05) is 4.90 Å². The number of rotatable bonds is 5. The van der Waals surface area contributed by atoms with Crippen molar-refractivity contribution in [3.63, 3.8) is 0 Å². The van der Waals surface area contributed by atoms with E-state index in [0.29, 0.717) is 0 Å². The van der Waals surface area contributed by atoms with Crippen LogP contribution in [0.1, 0.15) is 18.1 Å². The first-order chi connectivity index (χ1) is 14.2. The minimum Gasteiger partial charge on any atom is -0.308 e. The summed E-state index contributed by atoms with van der Waals surface area (Å²) in [5, 5.41) is 4.93. The lowest BCUT2D eigenvalue weighted by molar-refractivity contribution is -0.138. The molecule has 0 unspecified atom stereocenters. The fourth-order valence-electron chi connectivity index (χ4n) is 3.29. The maximum Gasteiger partial charge on any atom is 0.416 e. The number of benzene rings is 1. The van der Waals surface area contributed by atoms with E-state index < -0.39 is 17.8 Å². The molecule has 0 spiro atoms. The molecule has 0 saturated carbocycles. The number of hydrogen-bond donors (Lipinski definition) is 2. The summed E-state index contributed by atoms with van der Waals surface area (Å²) in [6.45, 7) is 6.40. The zero-order chi connectivity index (χ0) is 21.7. The fraction of sp³-hybridized carbons (Fsp3) is 0.400. The van der Waals surface area contributed by atoms with E-state index in [9.17, 15) is 18.0 Å². The zero-order valence-electron chi connectivity index (χ0n) is 16.5. The second-order valence-corrected chi connectivity index (χ2v) is 7.94. The maximum absolute atomic E-state index is 13.7. The average molecular weight is 486 g/mol. The Morgan fingerprint density at radius 1 is 1.10 bits per heavy atom. The van der Waals surface area contributed by atoms with E-state index >= 15 is 0 Å². The number of nitrogens with one attached hydrogen (secondary N) is 2. The van der Waals surface area contributed by atoms with Crippen molar-refractivity contribution < 1.29 is 18.0 Å². The van der Waals surface area contributed by atoms with Crippen LogP contribution in [0.3, 0.4) is 0 Å². The topological polar surface area (TPSA) is 60.5 Å². The van der Waals surface area contributed by atoms with Crippen LogP contribution in [0, 0.1) is 0 Å². The number of hydrogen-bond acceptors (Lipinski definition) is 4. The Morgan fingerprint density at radius 2 is 1.80 bits per heavy atom. The highest BCUT2D eigenvalue weighted by molar-refractivity contribution is 9.10. The Morgan fingerprint density at radius 3 is 2.40 bits per heavy atom. The Hall–Kier alpha value is -2.17. The number of urea groups is 1. The fourth-order valence-corrected chi connectivity index (χ4v) is 3.52. The number of halogens is 4. The number of aromatic nitrogens is 1. The zero-order valence-corrected chi connectivity index (χ0v) is 18.1. The second kappa shape index (κ2) is 9.76. The van der Waals surface area contributed by atoms with Crippen molar-refractivity contribution in [2.24, 2.45) is 0 Å². The summed E-state index contributed by atoms with van der Waals surface area (Å²) in [4.78, 5) is 20.4. The molecule has 162 valence electrons. The minimum atomic E-state index is -4.51. The molecular formula is C20H23BrF3N5O. The van der Waals surface area contributed by atoms with Crippen LogP contribution in [0.25, 0.3) is 0 Å². The summed E-state index contributed by atoms with van der Waals surface area (Å²) in [7, 11) is 0. The number of piperazine rings is 1. The first kappa shape index (κ1) is 22.5. The van der Waals surface area contributed by atoms with Gasteiger partial charge in [-0.25, -0.2) is 9.78 Å². The molecule has 1 aliphatic heterocycles. The van der Waals surface area contributed by atoms with Gasteiger partial charge in [0.15, 0.2) is 0 Å². The number of carbonyl (C=O) groups excluding carboxylic acids is 1. The van der Waals surface area contributed by atoms with E-state index in [1.54, 1.807) is 12.1 Å². The van der Waals surface area contributed by atoms with E-state index in [-0.39, 0.29) is 23.6 Å². The first-order valence-electron chi connectivity index (χ1n) is 9.59. The highest BCUT2D eigenvalue weighted by Gasteiger charge is 2.34. The van der Waals surface area contributed by atoms with Crippen LogP contribution in [0.5, 0.6) is 0 Å². The monoisotopic (exact) mass is 485 g/mol. The molecule has 2 N–H and O–H groups in total. The molecular weight excluding hydrogens is 463 g/mol. The number of carbonyl (C=O) groups is 1. The molecule has 1 fully saturated rings. The van der Waals surface area contributed by atoms with Gasteiger partial charge in [-0.05, 0) is 52.3 Å². The smallest absolute Gasteiger partial charge is 0.308 e. The molecule has 2 heterocycles. The highest BCUT2D eigenvalue weighted by atomic mass is 79.9. The van der Waals surface area contributed by atoms with E-state index in [2.05, 4.69) is 43.4 Å². The maximum atomic E-state index is 13.7. The summed E-state index contributed by atoms with van der Waals surface area (Å²) in [6, 6.07) is 6.50. The van der Waals surface area contributed by atoms with Gasteiger partial charge in [0.1, 0.15) is 5.82 Å². The molecule has 1 saturated heterocycles. The van der Waals surface area contributed by atoms with Gasteiger partial charge in [0.25, 0.3) is 0 Å². The number of alkyl halides is 3. The molecule has 1 aromatic heterocycles. The van der Waals surface area contributed by atoms with Crippen molar-refractivity contribution in [3.05, 3.63) is 52.1 Å². The van der Waals surface area contributed by atoms with Crippen LogP contribution in [0.4, 0.5) is 29.5 Å². The van der Waals surface area contributed by atoms with Crippen LogP contribution >= 0.6 is 15.9 Å². The summed E-state index contributed by atoms with van der Waals surface area (Å²) in [5.41, 5.74) is -0.468. The van der Waals surface area contributed by atoms with Crippen molar-refractivity contribution in [1.82, 2.24) is 14.8 Å².